The number of carbonyl (C=O) groups is 1. The molecule has 0 radical (unpaired) electrons. The van der Waals surface area contributed by atoms with E-state index >= 15 is 0 Å². The number of thioether (sulfide) groups is 1. The number of ether oxygens (including phenoxy) is 1. The van der Waals surface area contributed by atoms with E-state index in [-0.39, 0.29) is 17.3 Å². The van der Waals surface area contributed by atoms with Crippen molar-refractivity contribution < 1.29 is 9.53 Å². The molecule has 2 heterocycles. The second-order valence-electron chi connectivity index (χ2n) is 6.76. The van der Waals surface area contributed by atoms with Gasteiger partial charge in [-0.1, -0.05) is 59.8 Å². The predicted molar refractivity (Wildman–Crippen MR) is 119 cm³/mol. The summed E-state index contributed by atoms with van der Waals surface area (Å²) in [6.07, 6.45) is 1.80. The lowest BCUT2D eigenvalue weighted by molar-refractivity contribution is -0.139. The zero-order valence-electron chi connectivity index (χ0n) is 16.7. The number of fused-ring (bicyclic) bond motifs is 1. The first-order chi connectivity index (χ1) is 14.6. The van der Waals surface area contributed by atoms with Crippen molar-refractivity contribution in [2.24, 2.45) is 0 Å². The summed E-state index contributed by atoms with van der Waals surface area (Å²) < 4.78 is 6.58. The molecule has 0 saturated carbocycles. The number of hydrogen-bond acceptors (Lipinski definition) is 5. The van der Waals surface area contributed by atoms with Gasteiger partial charge in [0.2, 0.25) is 0 Å². The minimum atomic E-state index is -0.343. The van der Waals surface area contributed by atoms with Gasteiger partial charge in [0.05, 0.1) is 18.0 Å². The van der Waals surface area contributed by atoms with Gasteiger partial charge < -0.3 is 9.72 Å². The molecule has 0 atom stereocenters. The number of aryl methyl sites for hydroxylation is 1. The normalized spacial score (nSPS) is 11.0. The summed E-state index contributed by atoms with van der Waals surface area (Å²) >= 11 is 1.19. The fraction of sp³-hybridized carbons (Fsp3) is 0.174. The van der Waals surface area contributed by atoms with Crippen LogP contribution in [0.2, 0.25) is 0 Å². The highest BCUT2D eigenvalue weighted by Gasteiger charge is 2.19. The van der Waals surface area contributed by atoms with Gasteiger partial charge in [-0.15, -0.1) is 0 Å². The zero-order chi connectivity index (χ0) is 21.1. The van der Waals surface area contributed by atoms with Crippen molar-refractivity contribution in [3.8, 4) is 16.8 Å². The van der Waals surface area contributed by atoms with Crippen LogP contribution in [0.3, 0.4) is 0 Å². The van der Waals surface area contributed by atoms with Crippen LogP contribution in [0.1, 0.15) is 12.5 Å². The summed E-state index contributed by atoms with van der Waals surface area (Å²) in [4.78, 5) is 33.2. The summed E-state index contributed by atoms with van der Waals surface area (Å²) in [6.45, 7) is 4.06. The molecule has 0 aliphatic heterocycles. The number of esters is 1. The average Bonchev–Trinajstić information content (AvgIpc) is 3.18. The molecule has 0 fully saturated rings. The predicted octanol–water partition coefficient (Wildman–Crippen LogP) is 4.34. The van der Waals surface area contributed by atoms with E-state index in [2.05, 4.69) is 4.98 Å². The Balaban J connectivity index is 1.89. The molecular weight excluding hydrogens is 398 g/mol. The molecule has 0 aliphatic rings. The van der Waals surface area contributed by atoms with Crippen LogP contribution in [0, 0.1) is 6.92 Å². The molecule has 2 aromatic carbocycles. The summed E-state index contributed by atoms with van der Waals surface area (Å²) in [5.41, 5.74) is 4.39. The number of benzene rings is 2. The number of nitrogens with one attached hydrogen (secondary N) is 1. The van der Waals surface area contributed by atoms with Crippen molar-refractivity contribution >= 4 is 28.8 Å². The third kappa shape index (κ3) is 3.89. The van der Waals surface area contributed by atoms with Gasteiger partial charge in [-0.2, -0.15) is 0 Å². The average molecular weight is 420 g/mol. The van der Waals surface area contributed by atoms with Crippen molar-refractivity contribution in [1.29, 1.82) is 0 Å². The van der Waals surface area contributed by atoms with Crippen LogP contribution < -0.4 is 5.56 Å². The van der Waals surface area contributed by atoms with Gasteiger partial charge in [0.25, 0.3) is 5.56 Å². The Morgan fingerprint density at radius 1 is 1.13 bits per heavy atom. The van der Waals surface area contributed by atoms with Crippen molar-refractivity contribution in [2.75, 3.05) is 12.4 Å². The molecule has 152 valence electrons. The highest BCUT2D eigenvalue weighted by molar-refractivity contribution is 7.99. The number of carbonyl (C=O) groups excluding carboxylic acids is 1. The van der Waals surface area contributed by atoms with Crippen LogP contribution in [0.25, 0.3) is 27.8 Å². The van der Waals surface area contributed by atoms with E-state index in [1.807, 2.05) is 61.5 Å². The van der Waals surface area contributed by atoms with Crippen molar-refractivity contribution in [3.05, 3.63) is 76.7 Å². The third-order valence-electron chi connectivity index (χ3n) is 4.67. The summed E-state index contributed by atoms with van der Waals surface area (Å²) in [5.74, 6) is -0.271. The van der Waals surface area contributed by atoms with Crippen molar-refractivity contribution in [3.63, 3.8) is 0 Å². The standard InChI is InChI=1S/C23H21N3O3S/c1-3-29-19(27)14-30-23-25-20-18(16-7-5-4-6-8-16)13-24-21(20)22(28)26(23)17-11-9-15(2)10-12-17/h4-13,24H,3,14H2,1-2H3. The van der Waals surface area contributed by atoms with Gasteiger partial charge in [0, 0.05) is 11.8 Å². The van der Waals surface area contributed by atoms with Gasteiger partial charge in [0.1, 0.15) is 11.0 Å². The number of H-pyrrole nitrogens is 1. The summed E-state index contributed by atoms with van der Waals surface area (Å²) in [7, 11) is 0. The van der Waals surface area contributed by atoms with Gasteiger partial charge in [-0.25, -0.2) is 4.98 Å². The Labute approximate surface area is 177 Å². The monoisotopic (exact) mass is 419 g/mol. The molecule has 0 bridgehead atoms. The van der Waals surface area contributed by atoms with Gasteiger partial charge >= 0.3 is 5.97 Å². The Morgan fingerprint density at radius 2 is 1.87 bits per heavy atom. The first-order valence-electron chi connectivity index (χ1n) is 9.63. The number of rotatable bonds is 6. The topological polar surface area (TPSA) is 77.0 Å². The maximum Gasteiger partial charge on any atom is 0.316 e. The Kier molecular flexibility index (Phi) is 5.72. The highest BCUT2D eigenvalue weighted by Crippen LogP contribution is 2.28. The lowest BCUT2D eigenvalue weighted by Crippen LogP contribution is -2.22. The van der Waals surface area contributed by atoms with Gasteiger partial charge in [0.15, 0.2) is 5.16 Å². The highest BCUT2D eigenvalue weighted by atomic mass is 32.2. The first-order valence-corrected chi connectivity index (χ1v) is 10.6. The number of nitrogens with zero attached hydrogens (tertiary/aromatic N) is 2. The maximum absolute atomic E-state index is 13.4. The van der Waals surface area contributed by atoms with Crippen LogP contribution in [-0.2, 0) is 9.53 Å². The maximum atomic E-state index is 13.4. The Hall–Kier alpha value is -3.32. The minimum Gasteiger partial charge on any atom is -0.465 e. The molecule has 1 N–H and O–H groups in total. The largest absolute Gasteiger partial charge is 0.465 e. The van der Waals surface area contributed by atoms with Crippen LogP contribution in [0.15, 0.2) is 70.7 Å². The second-order valence-corrected chi connectivity index (χ2v) is 7.70. The van der Waals surface area contributed by atoms with Crippen LogP contribution >= 0.6 is 11.8 Å². The molecule has 30 heavy (non-hydrogen) atoms. The summed E-state index contributed by atoms with van der Waals surface area (Å²) in [5, 5.41) is 0.446. The first kappa shape index (κ1) is 20.0. The summed E-state index contributed by atoms with van der Waals surface area (Å²) in [6, 6.07) is 17.4. The fourth-order valence-corrected chi connectivity index (χ4v) is 4.02. The number of aromatic amines is 1. The molecule has 0 spiro atoms. The van der Waals surface area contributed by atoms with Crippen LogP contribution in [0.4, 0.5) is 0 Å². The van der Waals surface area contributed by atoms with E-state index in [0.29, 0.717) is 28.5 Å². The van der Waals surface area contributed by atoms with E-state index in [9.17, 15) is 9.59 Å². The second kappa shape index (κ2) is 8.59. The molecule has 0 aliphatic carbocycles. The van der Waals surface area contributed by atoms with Crippen molar-refractivity contribution in [2.45, 2.75) is 19.0 Å². The Bertz CT molecular complexity index is 1240. The smallest absolute Gasteiger partial charge is 0.316 e. The molecule has 4 aromatic rings. The lowest BCUT2D eigenvalue weighted by Gasteiger charge is -2.12. The molecule has 4 rings (SSSR count). The Morgan fingerprint density at radius 3 is 2.57 bits per heavy atom. The molecule has 0 saturated heterocycles. The van der Waals surface area contributed by atoms with E-state index < -0.39 is 0 Å². The molecule has 7 heteroatoms. The third-order valence-corrected chi connectivity index (χ3v) is 5.58. The van der Waals surface area contributed by atoms with Gasteiger partial charge in [-0.05, 0) is 31.5 Å². The van der Waals surface area contributed by atoms with Crippen LogP contribution in [0.5, 0.6) is 0 Å². The minimum absolute atomic E-state index is 0.0722. The number of aromatic nitrogens is 3. The quantitative estimate of drug-likeness (QED) is 0.286. The molecule has 6 nitrogen and oxygen atoms in total. The van der Waals surface area contributed by atoms with E-state index in [1.165, 1.54) is 16.3 Å². The van der Waals surface area contributed by atoms with Crippen LogP contribution in [-0.4, -0.2) is 32.9 Å². The number of hydrogen-bond donors (Lipinski definition) is 1. The fourth-order valence-electron chi connectivity index (χ4n) is 3.22. The molecule has 0 unspecified atom stereocenters. The molecular formula is C23H21N3O3S. The molecule has 2 aromatic heterocycles. The van der Waals surface area contributed by atoms with E-state index in [4.69, 9.17) is 9.72 Å². The zero-order valence-corrected chi connectivity index (χ0v) is 17.5. The van der Waals surface area contributed by atoms with Crippen molar-refractivity contribution in [1.82, 2.24) is 14.5 Å². The molecule has 0 amide bonds. The lowest BCUT2D eigenvalue weighted by atomic mass is 10.1. The van der Waals surface area contributed by atoms with Gasteiger partial charge in [-0.3, -0.25) is 14.2 Å². The SMILES string of the molecule is CCOC(=O)CSc1nc2c(-c3ccccc3)c[nH]c2c(=O)n1-c1ccc(C)cc1. The van der Waals surface area contributed by atoms with E-state index in [0.717, 1.165) is 16.7 Å². The van der Waals surface area contributed by atoms with E-state index in [1.54, 1.807) is 13.1 Å².